The predicted molar refractivity (Wildman–Crippen MR) is 160 cm³/mol. The van der Waals surface area contributed by atoms with E-state index in [-0.39, 0.29) is 24.8 Å². The second-order valence-electron chi connectivity index (χ2n) is 14.3. The van der Waals surface area contributed by atoms with Gasteiger partial charge in [0.25, 0.3) is 0 Å². The molecule has 2 nitrogen and oxygen atoms in total. The van der Waals surface area contributed by atoms with E-state index in [1.807, 2.05) is 27.3 Å². The van der Waals surface area contributed by atoms with Crippen molar-refractivity contribution >= 4 is 40.9 Å². The molecule has 1 heterocycles. The molecule has 10 heteroatoms. The van der Waals surface area contributed by atoms with E-state index in [1.165, 1.54) is 24.9 Å². The summed E-state index contributed by atoms with van der Waals surface area (Å²) in [4.78, 5) is 0. The van der Waals surface area contributed by atoms with Crippen molar-refractivity contribution in [3.8, 4) is 0 Å². The Kier molecular flexibility index (Phi) is 12.3. The summed E-state index contributed by atoms with van der Waals surface area (Å²) in [5, 5.41) is 7.56. The van der Waals surface area contributed by atoms with Crippen LogP contribution < -0.4 is 24.8 Å². The van der Waals surface area contributed by atoms with E-state index in [1.54, 1.807) is 0 Å². The molecule has 0 saturated carbocycles. The van der Waals surface area contributed by atoms with Gasteiger partial charge in [-0.25, -0.2) is 0 Å². The Labute approximate surface area is 251 Å². The number of rotatable bonds is 10. The first-order valence-electron chi connectivity index (χ1n) is 13.3. The minimum atomic E-state index is -1.71. The van der Waals surface area contributed by atoms with Gasteiger partial charge < -0.3 is 24.8 Å². The molecule has 0 amide bonds. The van der Waals surface area contributed by atoms with Gasteiger partial charge in [-0.05, 0) is 0 Å². The molecule has 0 aromatic carbocycles. The summed E-state index contributed by atoms with van der Waals surface area (Å²) in [5.41, 5.74) is 0. The van der Waals surface area contributed by atoms with Gasteiger partial charge >= 0.3 is 229 Å². The summed E-state index contributed by atoms with van der Waals surface area (Å²) in [6.45, 7) is 31.9. The van der Waals surface area contributed by atoms with Crippen molar-refractivity contribution in [1.29, 1.82) is 0 Å². The number of hydrogen-bond acceptors (Lipinski definition) is 2. The average Bonchev–Trinajstić information content (AvgIpc) is 3.25. The van der Waals surface area contributed by atoms with Gasteiger partial charge in [-0.3, -0.25) is 0 Å². The first-order chi connectivity index (χ1) is 15.4. The third-order valence-electron chi connectivity index (χ3n) is 7.69. The zero-order chi connectivity index (χ0) is 25.7. The average molecular weight is 697 g/mol. The van der Waals surface area contributed by atoms with Crippen LogP contribution in [0.2, 0.25) is 90.7 Å². The second kappa shape index (κ2) is 12.5. The molecule has 36 heavy (non-hydrogen) atoms. The van der Waals surface area contributed by atoms with Gasteiger partial charge in [-0.1, -0.05) is 0 Å². The van der Waals surface area contributed by atoms with Gasteiger partial charge in [0, 0.05) is 0 Å². The number of halogens is 2. The third kappa shape index (κ3) is 8.23. The molecule has 1 aliphatic heterocycles. The van der Waals surface area contributed by atoms with Crippen molar-refractivity contribution < 1.29 is 56.9 Å². The van der Waals surface area contributed by atoms with E-state index in [9.17, 15) is 0 Å². The smallest absolute Gasteiger partial charge is 1.00 e. The molecular formula is C26H50Cl2O2Si5Zr. The zero-order valence-electron chi connectivity index (χ0n) is 25.0. The summed E-state index contributed by atoms with van der Waals surface area (Å²) >= 11 is -0.715. The quantitative estimate of drug-likeness (QED) is 0.327. The molecule has 4 bridgehead atoms. The molecule has 0 saturated heterocycles. The molecular weight excluding hydrogens is 647 g/mol. The fourth-order valence-corrected chi connectivity index (χ4v) is 29.4. The van der Waals surface area contributed by atoms with Crippen LogP contribution in [0.15, 0.2) is 39.5 Å². The van der Waals surface area contributed by atoms with E-state index in [2.05, 4.69) is 90.7 Å². The summed E-state index contributed by atoms with van der Waals surface area (Å²) in [6, 6.07) is 2.58. The third-order valence-corrected chi connectivity index (χ3v) is 25.6. The Bertz CT molecular complexity index is 880. The van der Waals surface area contributed by atoms with Gasteiger partial charge in [-0.15, -0.1) is 0 Å². The van der Waals surface area contributed by atoms with Crippen LogP contribution in [0.25, 0.3) is 0 Å². The molecule has 0 N–H and O–H groups in total. The second-order valence-corrected chi connectivity index (χ2v) is 40.8. The van der Waals surface area contributed by atoms with Crippen LogP contribution in [0.4, 0.5) is 0 Å². The maximum Gasteiger partial charge on any atom is -1.00 e. The minimum Gasteiger partial charge on any atom is -1.00 e. The molecule has 0 aromatic rings. The fourth-order valence-electron chi connectivity index (χ4n) is 5.85. The number of allylic oxidation sites excluding steroid dienone is 8. The standard InChI is InChI=1S/C26H50O2Si5.2ClH.Zr/c1-29(2,3)27-19-21-31(7,8)23-15-13-17-25(23)33(11,12)26-18-14-16-24(26)32(9,10)22-20-28-30(4,5)6;;;/h17-18H,13-14,19-22H2,1-12H3;2*1H;/q;;;+2/p-2. The van der Waals surface area contributed by atoms with Gasteiger partial charge in [-0.2, -0.15) is 0 Å². The van der Waals surface area contributed by atoms with E-state index in [0.29, 0.717) is 0 Å². The molecule has 204 valence electrons. The van der Waals surface area contributed by atoms with Crippen LogP contribution in [0.1, 0.15) is 12.8 Å². The van der Waals surface area contributed by atoms with E-state index < -0.39 is 64.1 Å². The first kappa shape index (κ1) is 35.5. The molecule has 3 aliphatic rings. The van der Waals surface area contributed by atoms with Crippen molar-refractivity contribution in [1.82, 2.24) is 0 Å². The summed E-state index contributed by atoms with van der Waals surface area (Å²) < 4.78 is 16.6. The van der Waals surface area contributed by atoms with E-state index in [0.717, 1.165) is 13.2 Å². The van der Waals surface area contributed by atoms with Gasteiger partial charge in [0.1, 0.15) is 0 Å². The van der Waals surface area contributed by atoms with Crippen LogP contribution in [-0.2, 0) is 32.1 Å². The van der Waals surface area contributed by atoms with E-state index >= 15 is 0 Å². The molecule has 0 unspecified atom stereocenters. The van der Waals surface area contributed by atoms with Gasteiger partial charge in [0.05, 0.1) is 0 Å². The SMILES string of the molecule is C[Si](C)(C)OCC[Si](C)(C)C1=[C]2CC=C1[Si](C)(C)C1=CC[C](=C1[Si](C)(C)CCO[Si](C)(C)C)[Zr+2]2.[Cl-].[Cl-]. The van der Waals surface area contributed by atoms with Crippen molar-refractivity contribution in [2.75, 3.05) is 13.2 Å². The van der Waals surface area contributed by atoms with Crippen LogP contribution in [0.5, 0.6) is 0 Å². The van der Waals surface area contributed by atoms with Gasteiger partial charge in [0.2, 0.25) is 0 Å². The van der Waals surface area contributed by atoms with E-state index in [4.69, 9.17) is 8.85 Å². The maximum absolute atomic E-state index is 6.37. The predicted octanol–water partition coefficient (Wildman–Crippen LogP) is 2.24. The molecule has 0 atom stereocenters. The minimum absolute atomic E-state index is 0. The Balaban J connectivity index is 0.00000324. The van der Waals surface area contributed by atoms with Crippen LogP contribution in [0.3, 0.4) is 0 Å². The molecule has 0 fully saturated rings. The Hall–Kier alpha value is 1.43. The van der Waals surface area contributed by atoms with Crippen molar-refractivity contribution in [2.24, 2.45) is 0 Å². The molecule has 0 spiro atoms. The largest absolute Gasteiger partial charge is 1.00 e. The van der Waals surface area contributed by atoms with Gasteiger partial charge in [0.15, 0.2) is 0 Å². The Morgan fingerprint density at radius 3 is 1.31 bits per heavy atom. The Morgan fingerprint density at radius 2 is 1.00 bits per heavy atom. The van der Waals surface area contributed by atoms with Crippen molar-refractivity contribution in [2.45, 2.75) is 103 Å². The molecule has 2 aliphatic carbocycles. The maximum atomic E-state index is 6.37. The summed E-state index contributed by atoms with van der Waals surface area (Å²) in [6.07, 6.45) is 8.00. The fraction of sp³-hybridized carbons (Fsp3) is 0.692. The molecule has 0 aromatic heterocycles. The number of hydrogen-bond donors (Lipinski definition) is 0. The van der Waals surface area contributed by atoms with Crippen LogP contribution in [0, 0.1) is 0 Å². The zero-order valence-corrected chi connectivity index (χ0v) is 33.9. The van der Waals surface area contributed by atoms with Crippen LogP contribution >= 0.6 is 0 Å². The van der Waals surface area contributed by atoms with Crippen LogP contribution in [-0.4, -0.2) is 54.1 Å². The van der Waals surface area contributed by atoms with Crippen molar-refractivity contribution in [3.05, 3.63) is 39.5 Å². The summed E-state index contributed by atoms with van der Waals surface area (Å²) in [5.74, 6) is 0. The normalized spacial score (nSPS) is 19.4. The number of fused-ring (bicyclic) bond motifs is 2. The summed E-state index contributed by atoms with van der Waals surface area (Å²) in [7, 11) is -7.64. The Morgan fingerprint density at radius 1 is 0.667 bits per heavy atom. The monoisotopic (exact) mass is 694 g/mol. The first-order valence-corrected chi connectivity index (χ1v) is 32.0. The molecule has 0 radical (unpaired) electrons. The van der Waals surface area contributed by atoms with Crippen molar-refractivity contribution in [3.63, 3.8) is 0 Å². The topological polar surface area (TPSA) is 18.5 Å². The molecule has 3 rings (SSSR count).